The van der Waals surface area contributed by atoms with Crippen molar-refractivity contribution in [1.82, 2.24) is 20.5 Å². The highest BCUT2D eigenvalue weighted by molar-refractivity contribution is 5.86. The molecule has 2 heterocycles. The lowest BCUT2D eigenvalue weighted by Crippen LogP contribution is -2.17. The number of aryl methyl sites for hydroxylation is 1. The quantitative estimate of drug-likeness (QED) is 0.547. The van der Waals surface area contributed by atoms with Crippen LogP contribution < -0.4 is 5.32 Å². The Kier molecular flexibility index (Phi) is 3.89. The van der Waals surface area contributed by atoms with Gasteiger partial charge in [0.2, 0.25) is 0 Å². The first-order chi connectivity index (χ1) is 11.3. The second kappa shape index (κ2) is 6.18. The Bertz CT molecular complexity index is 818. The molecule has 0 radical (unpaired) electrons. The highest BCUT2D eigenvalue weighted by Crippen LogP contribution is 2.31. The summed E-state index contributed by atoms with van der Waals surface area (Å²) >= 11 is 0. The number of nitrogens with zero attached hydrogens (tertiary/aromatic N) is 1. The van der Waals surface area contributed by atoms with E-state index in [4.69, 9.17) is 5.11 Å². The largest absolute Gasteiger partial charge is 0.395 e. The molecule has 0 aliphatic heterocycles. The van der Waals surface area contributed by atoms with Crippen LogP contribution in [0.3, 0.4) is 0 Å². The van der Waals surface area contributed by atoms with Gasteiger partial charge in [0.15, 0.2) is 0 Å². The molecular formula is C18H22N4O. The van der Waals surface area contributed by atoms with Crippen LogP contribution in [0.5, 0.6) is 0 Å². The molecule has 0 spiro atoms. The number of aromatic nitrogens is 3. The number of fused-ring (bicyclic) bond motifs is 2. The molecule has 120 valence electrons. The maximum absolute atomic E-state index is 8.84. The van der Waals surface area contributed by atoms with Crippen LogP contribution in [0.2, 0.25) is 0 Å². The van der Waals surface area contributed by atoms with E-state index >= 15 is 0 Å². The van der Waals surface area contributed by atoms with Gasteiger partial charge in [0.25, 0.3) is 0 Å². The van der Waals surface area contributed by atoms with Crippen molar-refractivity contribution in [3.8, 4) is 11.4 Å². The first kappa shape index (κ1) is 14.5. The van der Waals surface area contributed by atoms with Gasteiger partial charge >= 0.3 is 0 Å². The number of benzene rings is 1. The Labute approximate surface area is 135 Å². The Morgan fingerprint density at radius 2 is 2.09 bits per heavy atom. The molecule has 1 aliphatic carbocycles. The molecule has 23 heavy (non-hydrogen) atoms. The van der Waals surface area contributed by atoms with Crippen molar-refractivity contribution in [2.75, 3.05) is 13.2 Å². The van der Waals surface area contributed by atoms with Gasteiger partial charge in [0.05, 0.1) is 12.3 Å². The minimum Gasteiger partial charge on any atom is -0.395 e. The van der Waals surface area contributed by atoms with E-state index in [2.05, 4.69) is 44.8 Å². The Morgan fingerprint density at radius 1 is 1.17 bits per heavy atom. The van der Waals surface area contributed by atoms with Gasteiger partial charge in [-0.25, -0.2) is 0 Å². The van der Waals surface area contributed by atoms with E-state index < -0.39 is 0 Å². The average Bonchev–Trinajstić information content (AvgIpc) is 3.18. The van der Waals surface area contributed by atoms with E-state index in [9.17, 15) is 0 Å². The number of hydrogen-bond donors (Lipinski definition) is 4. The summed E-state index contributed by atoms with van der Waals surface area (Å²) in [5, 5.41) is 21.0. The molecule has 4 N–H and O–H groups in total. The number of H-pyrrole nitrogens is 2. The van der Waals surface area contributed by atoms with E-state index in [1.165, 1.54) is 35.0 Å². The number of aliphatic hydroxyl groups is 1. The Balaban J connectivity index is 1.65. The minimum atomic E-state index is 0.167. The maximum Gasteiger partial charge on any atom is 0.112 e. The highest BCUT2D eigenvalue weighted by Gasteiger charge is 2.19. The van der Waals surface area contributed by atoms with Crippen LogP contribution in [0.25, 0.3) is 22.3 Å². The first-order valence-electron chi connectivity index (χ1n) is 8.35. The normalized spacial score (nSPS) is 14.3. The summed E-state index contributed by atoms with van der Waals surface area (Å²) in [5.74, 6) is 0. The molecule has 0 bridgehead atoms. The van der Waals surface area contributed by atoms with E-state index in [0.717, 1.165) is 36.3 Å². The van der Waals surface area contributed by atoms with Crippen LogP contribution in [0.4, 0.5) is 0 Å². The fraction of sp³-hybridized carbons (Fsp3) is 0.389. The zero-order chi connectivity index (χ0) is 15.6. The summed E-state index contributed by atoms with van der Waals surface area (Å²) in [6.45, 7) is 1.56. The first-order valence-corrected chi connectivity index (χ1v) is 8.35. The van der Waals surface area contributed by atoms with Crippen LogP contribution in [-0.4, -0.2) is 33.4 Å². The lowest BCUT2D eigenvalue weighted by atomic mass is 9.95. The lowest BCUT2D eigenvalue weighted by Gasteiger charge is -2.10. The Hall–Kier alpha value is -2.11. The zero-order valence-corrected chi connectivity index (χ0v) is 13.2. The minimum absolute atomic E-state index is 0.167. The molecule has 1 aliphatic rings. The number of aliphatic hydroxyl groups excluding tert-OH is 1. The third-order valence-electron chi connectivity index (χ3n) is 4.61. The third-order valence-corrected chi connectivity index (χ3v) is 4.61. The van der Waals surface area contributed by atoms with Gasteiger partial charge in [-0.2, -0.15) is 5.10 Å². The van der Waals surface area contributed by atoms with Gasteiger partial charge < -0.3 is 15.4 Å². The van der Waals surface area contributed by atoms with Crippen molar-refractivity contribution in [3.05, 3.63) is 41.1 Å². The molecule has 1 aromatic carbocycles. The molecule has 0 amide bonds. The summed E-state index contributed by atoms with van der Waals surface area (Å²) in [6.07, 6.45) is 4.74. The monoisotopic (exact) mass is 310 g/mol. The average molecular weight is 310 g/mol. The molecule has 0 saturated heterocycles. The molecule has 5 heteroatoms. The van der Waals surface area contributed by atoms with Crippen molar-refractivity contribution >= 4 is 10.9 Å². The van der Waals surface area contributed by atoms with Gasteiger partial charge in [-0.1, -0.05) is 6.07 Å². The molecule has 0 fully saturated rings. The van der Waals surface area contributed by atoms with Crippen molar-refractivity contribution in [1.29, 1.82) is 0 Å². The second-order valence-corrected chi connectivity index (χ2v) is 6.24. The Morgan fingerprint density at radius 3 is 3.00 bits per heavy atom. The number of hydrogen-bond acceptors (Lipinski definition) is 3. The van der Waals surface area contributed by atoms with Gasteiger partial charge in [-0.05, 0) is 49.4 Å². The fourth-order valence-corrected chi connectivity index (χ4v) is 3.44. The van der Waals surface area contributed by atoms with Crippen molar-refractivity contribution < 1.29 is 5.11 Å². The van der Waals surface area contributed by atoms with Crippen LogP contribution in [0.1, 0.15) is 29.7 Å². The molecule has 2 aromatic heterocycles. The molecule has 0 unspecified atom stereocenters. The topological polar surface area (TPSA) is 76.7 Å². The third kappa shape index (κ3) is 2.78. The van der Waals surface area contributed by atoms with E-state index in [1.807, 2.05) is 0 Å². The number of nitrogens with one attached hydrogen (secondary N) is 3. The van der Waals surface area contributed by atoms with Gasteiger partial charge in [0.1, 0.15) is 5.69 Å². The van der Waals surface area contributed by atoms with Gasteiger partial charge in [-0.15, -0.1) is 0 Å². The van der Waals surface area contributed by atoms with Gasteiger partial charge in [-0.3, -0.25) is 5.10 Å². The predicted molar refractivity (Wildman–Crippen MR) is 91.3 cm³/mol. The molecule has 3 aromatic rings. The fourth-order valence-electron chi connectivity index (χ4n) is 3.44. The van der Waals surface area contributed by atoms with Crippen LogP contribution in [0, 0.1) is 0 Å². The number of aromatic amines is 2. The van der Waals surface area contributed by atoms with Crippen LogP contribution >= 0.6 is 0 Å². The van der Waals surface area contributed by atoms with E-state index in [1.54, 1.807) is 0 Å². The summed E-state index contributed by atoms with van der Waals surface area (Å²) in [5.41, 5.74) is 7.22. The van der Waals surface area contributed by atoms with E-state index in [0.29, 0.717) is 6.54 Å². The van der Waals surface area contributed by atoms with E-state index in [-0.39, 0.29) is 6.61 Å². The molecule has 0 atom stereocenters. The molecule has 5 nitrogen and oxygen atoms in total. The van der Waals surface area contributed by atoms with Crippen molar-refractivity contribution in [2.24, 2.45) is 0 Å². The van der Waals surface area contributed by atoms with Gasteiger partial charge in [0, 0.05) is 35.2 Å². The highest BCUT2D eigenvalue weighted by atomic mass is 16.3. The second-order valence-electron chi connectivity index (χ2n) is 6.24. The summed E-state index contributed by atoms with van der Waals surface area (Å²) in [7, 11) is 0. The van der Waals surface area contributed by atoms with Crippen LogP contribution in [0.15, 0.2) is 24.3 Å². The maximum atomic E-state index is 8.84. The van der Waals surface area contributed by atoms with Crippen LogP contribution in [-0.2, 0) is 19.4 Å². The molecule has 4 rings (SSSR count). The molecule has 0 saturated carbocycles. The smallest absolute Gasteiger partial charge is 0.112 e. The predicted octanol–water partition coefficient (Wildman–Crippen LogP) is 2.52. The van der Waals surface area contributed by atoms with Crippen molar-refractivity contribution in [2.45, 2.75) is 32.2 Å². The summed E-state index contributed by atoms with van der Waals surface area (Å²) in [6, 6.07) is 8.62. The zero-order valence-electron chi connectivity index (χ0n) is 13.2. The standard InChI is InChI=1S/C18H22N4O/c23-8-7-19-11-12-5-6-15-13(9-12)10-17(20-15)18-14-3-1-2-4-16(14)21-22-18/h5-6,9-10,19-20,23H,1-4,7-8,11H2,(H,21,22). The number of rotatable bonds is 5. The summed E-state index contributed by atoms with van der Waals surface area (Å²) < 4.78 is 0. The molecular weight excluding hydrogens is 288 g/mol. The SMILES string of the molecule is OCCNCc1ccc2[nH]c(-c3n[nH]c4c3CCCC4)cc2c1. The summed E-state index contributed by atoms with van der Waals surface area (Å²) in [4.78, 5) is 3.50. The lowest BCUT2D eigenvalue weighted by molar-refractivity contribution is 0.292. The van der Waals surface area contributed by atoms with Crippen molar-refractivity contribution in [3.63, 3.8) is 0 Å².